The SMILES string of the molecule is CCOC(=O)C1=C(COC(=O)c2ccc(Cl)cc2O)NC(=O)N[C@@H]1CC. The maximum absolute atomic E-state index is 12.2. The van der Waals surface area contributed by atoms with Crippen LogP contribution in [0.2, 0.25) is 5.02 Å². The lowest BCUT2D eigenvalue weighted by Gasteiger charge is -2.28. The zero-order valence-corrected chi connectivity index (χ0v) is 15.1. The quantitative estimate of drug-likeness (QED) is 0.649. The third kappa shape index (κ3) is 4.45. The molecule has 0 fully saturated rings. The van der Waals surface area contributed by atoms with Gasteiger partial charge in [-0.3, -0.25) is 0 Å². The number of benzene rings is 1. The van der Waals surface area contributed by atoms with Crippen molar-refractivity contribution >= 4 is 29.6 Å². The van der Waals surface area contributed by atoms with Gasteiger partial charge < -0.3 is 25.2 Å². The summed E-state index contributed by atoms with van der Waals surface area (Å²) in [5, 5.41) is 15.1. The predicted molar refractivity (Wildman–Crippen MR) is 92.8 cm³/mol. The highest BCUT2D eigenvalue weighted by molar-refractivity contribution is 6.30. The Morgan fingerprint density at radius 3 is 2.58 bits per heavy atom. The van der Waals surface area contributed by atoms with Crippen molar-refractivity contribution in [3.63, 3.8) is 0 Å². The van der Waals surface area contributed by atoms with Gasteiger partial charge in [0.05, 0.1) is 23.9 Å². The number of ether oxygens (including phenoxy) is 2. The molecule has 0 saturated heterocycles. The summed E-state index contributed by atoms with van der Waals surface area (Å²) < 4.78 is 10.2. The number of aromatic hydroxyl groups is 1. The number of esters is 2. The first-order chi connectivity index (χ1) is 12.4. The van der Waals surface area contributed by atoms with Crippen molar-refractivity contribution < 1.29 is 29.0 Å². The van der Waals surface area contributed by atoms with Crippen molar-refractivity contribution in [3.8, 4) is 5.75 Å². The standard InChI is InChI=1S/C17H19ClN2O6/c1-3-11-14(16(23)25-4-2)12(20-17(24)19-11)8-26-15(22)10-6-5-9(18)7-13(10)21/h5-7,11,21H,3-4,8H2,1-2H3,(H2,19,20,24)/t11-/m1/s1. The Bertz CT molecular complexity index is 762. The van der Waals surface area contributed by atoms with Crippen molar-refractivity contribution in [3.05, 3.63) is 40.1 Å². The van der Waals surface area contributed by atoms with Crippen molar-refractivity contribution in [2.24, 2.45) is 0 Å². The third-order valence-electron chi connectivity index (χ3n) is 3.67. The van der Waals surface area contributed by atoms with Gasteiger partial charge >= 0.3 is 18.0 Å². The van der Waals surface area contributed by atoms with Crippen LogP contribution in [-0.4, -0.2) is 42.3 Å². The van der Waals surface area contributed by atoms with Crippen LogP contribution in [-0.2, 0) is 14.3 Å². The molecule has 140 valence electrons. The summed E-state index contributed by atoms with van der Waals surface area (Å²) in [6.45, 7) is 3.26. The van der Waals surface area contributed by atoms with E-state index >= 15 is 0 Å². The van der Waals surface area contributed by atoms with Gasteiger partial charge in [0.2, 0.25) is 0 Å². The van der Waals surface area contributed by atoms with Gasteiger partial charge in [-0.2, -0.15) is 0 Å². The maximum Gasteiger partial charge on any atom is 0.342 e. The highest BCUT2D eigenvalue weighted by Gasteiger charge is 2.32. The molecule has 0 aliphatic carbocycles. The number of urea groups is 1. The first kappa shape index (κ1) is 19.6. The molecule has 0 aromatic heterocycles. The molecule has 1 aromatic carbocycles. The van der Waals surface area contributed by atoms with Crippen LogP contribution < -0.4 is 10.6 Å². The lowest BCUT2D eigenvalue weighted by Crippen LogP contribution is -2.51. The Balaban J connectivity index is 2.23. The fourth-order valence-electron chi connectivity index (χ4n) is 2.47. The summed E-state index contributed by atoms with van der Waals surface area (Å²) in [5.41, 5.74) is 0.253. The van der Waals surface area contributed by atoms with Crippen LogP contribution in [0, 0.1) is 0 Å². The summed E-state index contributed by atoms with van der Waals surface area (Å²) in [6, 6.07) is 2.89. The molecule has 1 atom stereocenters. The average molecular weight is 383 g/mol. The van der Waals surface area contributed by atoms with Crippen LogP contribution in [0.5, 0.6) is 5.75 Å². The third-order valence-corrected chi connectivity index (χ3v) is 3.91. The second kappa shape index (κ2) is 8.57. The Labute approximate surface area is 155 Å². The van der Waals surface area contributed by atoms with Crippen LogP contribution in [0.1, 0.15) is 30.6 Å². The Hall–Kier alpha value is -2.74. The number of amides is 2. The largest absolute Gasteiger partial charge is 0.507 e. The molecule has 1 aromatic rings. The van der Waals surface area contributed by atoms with Gasteiger partial charge in [-0.1, -0.05) is 18.5 Å². The molecule has 2 amide bonds. The van der Waals surface area contributed by atoms with Crippen molar-refractivity contribution in [1.82, 2.24) is 10.6 Å². The first-order valence-electron chi connectivity index (χ1n) is 8.00. The lowest BCUT2D eigenvalue weighted by atomic mass is 10.0. The summed E-state index contributed by atoms with van der Waals surface area (Å²) in [7, 11) is 0. The second-order valence-corrected chi connectivity index (χ2v) is 5.85. The molecule has 8 nitrogen and oxygen atoms in total. The normalized spacial score (nSPS) is 16.6. The molecule has 3 N–H and O–H groups in total. The van der Waals surface area contributed by atoms with Crippen LogP contribution in [0.3, 0.4) is 0 Å². The van der Waals surface area contributed by atoms with E-state index in [2.05, 4.69) is 10.6 Å². The fraction of sp³-hybridized carbons (Fsp3) is 0.353. The van der Waals surface area contributed by atoms with Gasteiger partial charge in [-0.05, 0) is 31.5 Å². The smallest absolute Gasteiger partial charge is 0.342 e. The van der Waals surface area contributed by atoms with Crippen LogP contribution in [0.4, 0.5) is 4.79 Å². The zero-order chi connectivity index (χ0) is 19.3. The molecule has 2 rings (SSSR count). The first-order valence-corrected chi connectivity index (χ1v) is 8.38. The van der Waals surface area contributed by atoms with Crippen molar-refractivity contribution in [1.29, 1.82) is 0 Å². The molecule has 0 radical (unpaired) electrons. The minimum absolute atomic E-state index is 0.0833. The number of nitrogens with one attached hydrogen (secondary N) is 2. The van der Waals surface area contributed by atoms with Gasteiger partial charge in [0.25, 0.3) is 0 Å². The Kier molecular flexibility index (Phi) is 6.46. The summed E-state index contributed by atoms with van der Waals surface area (Å²) in [4.78, 5) is 36.2. The summed E-state index contributed by atoms with van der Waals surface area (Å²) in [6.07, 6.45) is 0.455. The summed E-state index contributed by atoms with van der Waals surface area (Å²) in [5.74, 6) is -1.76. The molecule has 0 saturated carbocycles. The number of carbonyl (C=O) groups is 3. The zero-order valence-electron chi connectivity index (χ0n) is 14.3. The molecule has 1 heterocycles. The van der Waals surface area contributed by atoms with E-state index in [1.54, 1.807) is 13.8 Å². The van der Waals surface area contributed by atoms with E-state index in [1.807, 2.05) is 0 Å². The second-order valence-electron chi connectivity index (χ2n) is 5.41. The van der Waals surface area contributed by atoms with Gasteiger partial charge in [0, 0.05) is 5.02 Å². The number of carbonyl (C=O) groups excluding carboxylic acids is 3. The molecule has 1 aliphatic rings. The number of phenolic OH excluding ortho intramolecular Hbond substituents is 1. The number of hydrogen-bond acceptors (Lipinski definition) is 6. The molecule has 0 bridgehead atoms. The Morgan fingerprint density at radius 2 is 1.96 bits per heavy atom. The lowest BCUT2D eigenvalue weighted by molar-refractivity contribution is -0.139. The van der Waals surface area contributed by atoms with Crippen LogP contribution in [0.25, 0.3) is 0 Å². The molecular weight excluding hydrogens is 364 g/mol. The Morgan fingerprint density at radius 1 is 1.23 bits per heavy atom. The fourth-order valence-corrected chi connectivity index (χ4v) is 2.63. The number of halogens is 1. The van der Waals surface area contributed by atoms with E-state index in [0.29, 0.717) is 6.42 Å². The molecule has 0 spiro atoms. The van der Waals surface area contributed by atoms with Crippen molar-refractivity contribution in [2.75, 3.05) is 13.2 Å². The van der Waals surface area contributed by atoms with E-state index in [-0.39, 0.29) is 40.8 Å². The molecule has 9 heteroatoms. The van der Waals surface area contributed by atoms with Crippen LogP contribution >= 0.6 is 11.6 Å². The van der Waals surface area contributed by atoms with Gasteiger partial charge in [-0.15, -0.1) is 0 Å². The van der Waals surface area contributed by atoms with Gasteiger partial charge in [0.1, 0.15) is 17.9 Å². The van der Waals surface area contributed by atoms with E-state index in [4.69, 9.17) is 21.1 Å². The van der Waals surface area contributed by atoms with E-state index < -0.39 is 24.0 Å². The van der Waals surface area contributed by atoms with E-state index in [0.717, 1.165) is 0 Å². The number of phenols is 1. The number of rotatable bonds is 6. The monoisotopic (exact) mass is 382 g/mol. The van der Waals surface area contributed by atoms with Gasteiger partial charge in [0.15, 0.2) is 0 Å². The van der Waals surface area contributed by atoms with Gasteiger partial charge in [-0.25, -0.2) is 14.4 Å². The number of hydrogen-bond donors (Lipinski definition) is 3. The minimum atomic E-state index is -0.823. The molecule has 1 aliphatic heterocycles. The van der Waals surface area contributed by atoms with Crippen molar-refractivity contribution in [2.45, 2.75) is 26.3 Å². The summed E-state index contributed by atoms with van der Waals surface area (Å²) >= 11 is 5.73. The maximum atomic E-state index is 12.2. The molecular formula is C17H19ClN2O6. The van der Waals surface area contributed by atoms with E-state index in [9.17, 15) is 19.5 Å². The highest BCUT2D eigenvalue weighted by Crippen LogP contribution is 2.23. The topological polar surface area (TPSA) is 114 Å². The minimum Gasteiger partial charge on any atom is -0.507 e. The van der Waals surface area contributed by atoms with E-state index in [1.165, 1.54) is 18.2 Å². The molecule has 26 heavy (non-hydrogen) atoms. The van der Waals surface area contributed by atoms with Crippen LogP contribution in [0.15, 0.2) is 29.5 Å². The average Bonchev–Trinajstić information content (AvgIpc) is 2.59. The predicted octanol–water partition coefficient (Wildman–Crippen LogP) is 2.11. The molecule has 0 unspecified atom stereocenters. The highest BCUT2D eigenvalue weighted by atomic mass is 35.5.